The van der Waals surface area contributed by atoms with Gasteiger partial charge in [-0.1, -0.05) is 0 Å². The van der Waals surface area contributed by atoms with Gasteiger partial charge in [-0.15, -0.1) is 22.7 Å². The Hall–Kier alpha value is -2.05. The number of rotatable bonds is 4. The summed E-state index contributed by atoms with van der Waals surface area (Å²) in [6, 6.07) is 0.789. The molecule has 31 heavy (non-hydrogen) atoms. The smallest absolute Gasteiger partial charge is 0.475 e. The van der Waals surface area contributed by atoms with Crippen molar-refractivity contribution in [1.29, 1.82) is 0 Å². The molecule has 170 valence electrons. The van der Waals surface area contributed by atoms with Gasteiger partial charge in [0.2, 0.25) is 5.91 Å². The molecule has 0 saturated carbocycles. The minimum atomic E-state index is -5.08. The standard InChI is InChI=1S/C17H22N4OS2.C2HF3O2/c1-11-18-13(9-23-11)7-20-6-5-16-15(20)3-4-17(22)21(16)8-14-10-24-12(2)19-14;3-2(4,5)1(6)7/h9-10,15-16H,3-8H2,1-2H3;(H,6,7)/t15-,16+;/m1./s1. The van der Waals surface area contributed by atoms with E-state index in [2.05, 4.69) is 37.5 Å². The van der Waals surface area contributed by atoms with E-state index < -0.39 is 12.1 Å². The van der Waals surface area contributed by atoms with Gasteiger partial charge in [-0.2, -0.15) is 13.2 Å². The van der Waals surface area contributed by atoms with Crippen LogP contribution in [0, 0.1) is 13.8 Å². The summed E-state index contributed by atoms with van der Waals surface area (Å²) in [6.07, 6.45) is -2.40. The Morgan fingerprint density at radius 3 is 2.13 bits per heavy atom. The maximum atomic E-state index is 12.5. The quantitative estimate of drug-likeness (QED) is 0.726. The Morgan fingerprint density at radius 1 is 1.10 bits per heavy atom. The number of piperidine rings is 1. The van der Waals surface area contributed by atoms with Gasteiger partial charge in [-0.05, 0) is 26.7 Å². The van der Waals surface area contributed by atoms with Gasteiger partial charge in [0, 0.05) is 42.4 Å². The molecule has 0 unspecified atom stereocenters. The van der Waals surface area contributed by atoms with Crippen LogP contribution in [0.3, 0.4) is 0 Å². The van der Waals surface area contributed by atoms with Gasteiger partial charge in [0.25, 0.3) is 0 Å². The molecule has 4 heterocycles. The molecular formula is C19H23F3N4O3S2. The van der Waals surface area contributed by atoms with E-state index in [4.69, 9.17) is 9.90 Å². The number of aliphatic carboxylic acids is 1. The van der Waals surface area contributed by atoms with Crippen LogP contribution in [0.2, 0.25) is 0 Å². The number of aromatic nitrogens is 2. The fourth-order valence-corrected chi connectivity index (χ4v) is 5.19. The molecule has 0 spiro atoms. The average Bonchev–Trinajstić information content (AvgIpc) is 3.39. The topological polar surface area (TPSA) is 86.6 Å². The molecule has 4 rings (SSSR count). The van der Waals surface area contributed by atoms with E-state index in [1.807, 2.05) is 6.92 Å². The second-order valence-electron chi connectivity index (χ2n) is 7.47. The lowest BCUT2D eigenvalue weighted by Gasteiger charge is -2.39. The molecular weight excluding hydrogens is 453 g/mol. The van der Waals surface area contributed by atoms with Crippen molar-refractivity contribution in [2.24, 2.45) is 0 Å². The Labute approximate surface area is 185 Å². The maximum absolute atomic E-state index is 12.5. The summed E-state index contributed by atoms with van der Waals surface area (Å²) in [5, 5.41) is 13.6. The number of amides is 1. The second-order valence-corrected chi connectivity index (χ2v) is 9.60. The molecule has 2 atom stereocenters. The van der Waals surface area contributed by atoms with Crippen LogP contribution in [0.5, 0.6) is 0 Å². The molecule has 2 aromatic heterocycles. The Balaban J connectivity index is 0.000000339. The van der Waals surface area contributed by atoms with Crippen molar-refractivity contribution in [3.05, 3.63) is 32.2 Å². The molecule has 12 heteroatoms. The molecule has 2 saturated heterocycles. The van der Waals surface area contributed by atoms with Gasteiger partial charge in [0.05, 0.1) is 27.9 Å². The number of carbonyl (C=O) groups excluding carboxylic acids is 1. The number of likely N-dealkylation sites (tertiary alicyclic amines) is 2. The summed E-state index contributed by atoms with van der Waals surface area (Å²) in [7, 11) is 0. The second kappa shape index (κ2) is 9.61. The summed E-state index contributed by atoms with van der Waals surface area (Å²) < 4.78 is 31.7. The summed E-state index contributed by atoms with van der Waals surface area (Å²) in [5.41, 5.74) is 2.19. The van der Waals surface area contributed by atoms with E-state index in [1.54, 1.807) is 22.7 Å². The van der Waals surface area contributed by atoms with Crippen molar-refractivity contribution in [2.75, 3.05) is 6.54 Å². The third-order valence-corrected chi connectivity index (χ3v) is 6.92. The normalized spacial score (nSPS) is 21.6. The van der Waals surface area contributed by atoms with Crippen molar-refractivity contribution in [1.82, 2.24) is 19.8 Å². The minimum Gasteiger partial charge on any atom is -0.475 e. The molecule has 2 fully saturated rings. The predicted molar refractivity (Wildman–Crippen MR) is 110 cm³/mol. The highest BCUT2D eigenvalue weighted by Gasteiger charge is 2.43. The molecule has 7 nitrogen and oxygen atoms in total. The van der Waals surface area contributed by atoms with Crippen LogP contribution in [0.1, 0.15) is 40.7 Å². The van der Waals surface area contributed by atoms with Gasteiger partial charge in [0.1, 0.15) is 0 Å². The summed E-state index contributed by atoms with van der Waals surface area (Å²) >= 11 is 3.37. The number of fused-ring (bicyclic) bond motifs is 1. The lowest BCUT2D eigenvalue weighted by Crippen LogP contribution is -2.51. The number of carbonyl (C=O) groups is 2. The van der Waals surface area contributed by atoms with E-state index in [0.29, 0.717) is 25.0 Å². The van der Waals surface area contributed by atoms with E-state index in [-0.39, 0.29) is 5.91 Å². The van der Waals surface area contributed by atoms with Crippen LogP contribution in [0.25, 0.3) is 0 Å². The maximum Gasteiger partial charge on any atom is 0.490 e. The molecule has 2 aliphatic rings. The number of carboxylic acids is 1. The fourth-order valence-electron chi connectivity index (χ4n) is 3.98. The molecule has 0 aromatic carbocycles. The molecule has 0 aliphatic carbocycles. The van der Waals surface area contributed by atoms with Crippen LogP contribution in [-0.2, 0) is 22.7 Å². The molecule has 0 bridgehead atoms. The van der Waals surface area contributed by atoms with Crippen molar-refractivity contribution >= 4 is 34.6 Å². The number of hydrogen-bond acceptors (Lipinski definition) is 7. The van der Waals surface area contributed by atoms with Crippen molar-refractivity contribution in [3.8, 4) is 0 Å². The molecule has 1 N–H and O–H groups in total. The number of nitrogens with zero attached hydrogens (tertiary/aromatic N) is 4. The third-order valence-electron chi connectivity index (χ3n) is 5.27. The Kier molecular flexibility index (Phi) is 7.32. The summed E-state index contributed by atoms with van der Waals surface area (Å²) in [4.78, 5) is 35.1. The SMILES string of the molecule is Cc1nc(CN2CC[C@H]3[C@H]2CCC(=O)N3Cc2csc(C)n2)cs1.O=C(O)C(F)(F)F. The van der Waals surface area contributed by atoms with Gasteiger partial charge in [-0.25, -0.2) is 14.8 Å². The first-order valence-corrected chi connectivity index (χ1v) is 11.5. The van der Waals surface area contributed by atoms with E-state index in [1.165, 1.54) is 0 Å². The highest BCUT2D eigenvalue weighted by Crippen LogP contribution is 2.33. The predicted octanol–water partition coefficient (Wildman–Crippen LogP) is 3.62. The number of halogens is 3. The first-order valence-electron chi connectivity index (χ1n) is 9.70. The summed E-state index contributed by atoms with van der Waals surface area (Å²) in [6.45, 7) is 6.68. The number of thiazole rings is 2. The first kappa shape index (κ1) is 23.6. The van der Waals surface area contributed by atoms with Crippen molar-refractivity contribution < 1.29 is 27.9 Å². The number of hydrogen-bond donors (Lipinski definition) is 1. The lowest BCUT2D eigenvalue weighted by molar-refractivity contribution is -0.192. The van der Waals surface area contributed by atoms with Gasteiger partial charge in [-0.3, -0.25) is 9.69 Å². The zero-order valence-corrected chi connectivity index (χ0v) is 18.7. The lowest BCUT2D eigenvalue weighted by atomic mass is 9.96. The highest BCUT2D eigenvalue weighted by molar-refractivity contribution is 7.09. The van der Waals surface area contributed by atoms with Gasteiger partial charge in [0.15, 0.2) is 0 Å². The molecule has 0 radical (unpaired) electrons. The van der Waals surface area contributed by atoms with Crippen LogP contribution in [0.15, 0.2) is 10.8 Å². The molecule has 2 aromatic rings. The van der Waals surface area contributed by atoms with E-state index in [0.717, 1.165) is 47.3 Å². The van der Waals surface area contributed by atoms with E-state index in [9.17, 15) is 18.0 Å². The zero-order chi connectivity index (χ0) is 22.8. The Morgan fingerprint density at radius 2 is 1.65 bits per heavy atom. The zero-order valence-electron chi connectivity index (χ0n) is 17.1. The van der Waals surface area contributed by atoms with E-state index >= 15 is 0 Å². The van der Waals surface area contributed by atoms with Gasteiger partial charge >= 0.3 is 12.1 Å². The number of aryl methyl sites for hydroxylation is 2. The Bertz CT molecular complexity index is 931. The van der Waals surface area contributed by atoms with Crippen LogP contribution < -0.4 is 0 Å². The fraction of sp³-hybridized carbons (Fsp3) is 0.579. The monoisotopic (exact) mass is 476 g/mol. The van der Waals surface area contributed by atoms with Crippen LogP contribution >= 0.6 is 22.7 Å². The third kappa shape index (κ3) is 6.01. The largest absolute Gasteiger partial charge is 0.490 e. The molecule has 1 amide bonds. The number of carboxylic acid groups (broad SMARTS) is 1. The highest BCUT2D eigenvalue weighted by atomic mass is 32.1. The van der Waals surface area contributed by atoms with Crippen molar-refractivity contribution in [2.45, 2.75) is 64.5 Å². The average molecular weight is 477 g/mol. The number of alkyl halides is 3. The minimum absolute atomic E-state index is 0.285. The summed E-state index contributed by atoms with van der Waals surface area (Å²) in [5.74, 6) is -2.47. The first-order chi connectivity index (χ1) is 14.5. The van der Waals surface area contributed by atoms with Crippen LogP contribution in [-0.4, -0.2) is 61.6 Å². The van der Waals surface area contributed by atoms with Crippen LogP contribution in [0.4, 0.5) is 13.2 Å². The molecule has 2 aliphatic heterocycles. The van der Waals surface area contributed by atoms with Crippen molar-refractivity contribution in [3.63, 3.8) is 0 Å². The van der Waals surface area contributed by atoms with Gasteiger partial charge < -0.3 is 10.0 Å².